The van der Waals surface area contributed by atoms with E-state index in [4.69, 9.17) is 4.42 Å². The monoisotopic (exact) mass is 409 g/mol. The third kappa shape index (κ3) is 3.90. The molecule has 0 spiro atoms. The van der Waals surface area contributed by atoms with E-state index in [2.05, 4.69) is 16.4 Å². The Morgan fingerprint density at radius 2 is 2.04 bits per heavy atom. The number of para-hydroxylation sites is 1. The number of fused-ring (bicyclic) bond motifs is 1. The van der Waals surface area contributed by atoms with Crippen molar-refractivity contribution in [3.63, 3.8) is 0 Å². The zero-order valence-corrected chi connectivity index (χ0v) is 17.1. The molecule has 4 aromatic rings. The van der Waals surface area contributed by atoms with E-state index in [0.717, 1.165) is 22.4 Å². The quantitative estimate of drug-likeness (QED) is 0.426. The van der Waals surface area contributed by atoms with Crippen molar-refractivity contribution < 1.29 is 9.21 Å². The van der Waals surface area contributed by atoms with Crippen LogP contribution in [0.4, 0.5) is 11.5 Å². The Morgan fingerprint density at radius 3 is 2.75 bits per heavy atom. The summed E-state index contributed by atoms with van der Waals surface area (Å²) in [7, 11) is 3.85. The van der Waals surface area contributed by atoms with Gasteiger partial charge >= 0.3 is 0 Å². The molecule has 0 saturated carbocycles. The van der Waals surface area contributed by atoms with Crippen molar-refractivity contribution in [3.8, 4) is 0 Å². The molecule has 28 heavy (non-hydrogen) atoms. The minimum absolute atomic E-state index is 0.266. The lowest BCUT2D eigenvalue weighted by Crippen LogP contribution is -2.14. The van der Waals surface area contributed by atoms with Crippen LogP contribution in [0.2, 0.25) is 0 Å². The van der Waals surface area contributed by atoms with Gasteiger partial charge in [0.2, 0.25) is 0 Å². The van der Waals surface area contributed by atoms with Crippen LogP contribution in [0, 0.1) is 0 Å². The minimum atomic E-state index is -0.266. The average molecular weight is 410 g/mol. The number of carbonyl (C=O) groups excluding carboxylic acids is 1. The summed E-state index contributed by atoms with van der Waals surface area (Å²) in [5, 5.41) is 5.92. The first-order chi connectivity index (χ1) is 13.6. The Morgan fingerprint density at radius 1 is 1.18 bits per heavy atom. The van der Waals surface area contributed by atoms with E-state index in [0.29, 0.717) is 17.2 Å². The van der Waals surface area contributed by atoms with Crippen LogP contribution in [0.3, 0.4) is 0 Å². The summed E-state index contributed by atoms with van der Waals surface area (Å²) in [6.45, 7) is 0. The highest BCUT2D eigenvalue weighted by Gasteiger charge is 2.21. The Labute approximate surface area is 171 Å². The van der Waals surface area contributed by atoms with Crippen LogP contribution < -0.4 is 10.2 Å². The summed E-state index contributed by atoms with van der Waals surface area (Å²) >= 11 is 3.39. The van der Waals surface area contributed by atoms with Crippen LogP contribution >= 0.6 is 23.1 Å². The van der Waals surface area contributed by atoms with Crippen molar-refractivity contribution in [3.05, 3.63) is 71.4 Å². The molecule has 0 aliphatic carbocycles. The van der Waals surface area contributed by atoms with Crippen molar-refractivity contribution in [1.29, 1.82) is 0 Å². The van der Waals surface area contributed by atoms with Crippen LogP contribution in [0.1, 0.15) is 16.1 Å². The number of rotatable bonds is 6. The molecule has 0 bridgehead atoms. The number of aromatic nitrogens is 1. The van der Waals surface area contributed by atoms with Crippen molar-refractivity contribution in [2.75, 3.05) is 24.3 Å². The number of hydrogen-bond acceptors (Lipinski definition) is 6. The molecule has 3 aromatic heterocycles. The van der Waals surface area contributed by atoms with Gasteiger partial charge in [-0.05, 0) is 29.6 Å². The van der Waals surface area contributed by atoms with Crippen molar-refractivity contribution in [1.82, 2.24) is 4.98 Å². The summed E-state index contributed by atoms with van der Waals surface area (Å²) in [4.78, 5) is 19.2. The molecule has 0 saturated heterocycles. The maximum absolute atomic E-state index is 12.9. The summed E-state index contributed by atoms with van der Waals surface area (Å²) in [5.74, 6) is 1.58. The summed E-state index contributed by atoms with van der Waals surface area (Å²) in [5.41, 5.74) is 2.26. The van der Waals surface area contributed by atoms with Crippen molar-refractivity contribution in [2.45, 2.75) is 9.96 Å². The summed E-state index contributed by atoms with van der Waals surface area (Å²) in [6, 6.07) is 15.6. The lowest BCUT2D eigenvalue weighted by molar-refractivity contribution is 0.0998. The average Bonchev–Trinajstić information content (AvgIpc) is 3.34. The predicted octanol–water partition coefficient (Wildman–Crippen LogP) is 5.50. The number of thioether (sulfide) groups is 1. The molecule has 0 aliphatic rings. The predicted molar refractivity (Wildman–Crippen MR) is 117 cm³/mol. The zero-order chi connectivity index (χ0) is 19.5. The second kappa shape index (κ2) is 8.08. The fourth-order valence-corrected chi connectivity index (χ4v) is 4.64. The van der Waals surface area contributed by atoms with Crippen LogP contribution in [0.25, 0.3) is 11.0 Å². The molecule has 5 nitrogen and oxygen atoms in total. The maximum Gasteiger partial charge on any atom is 0.291 e. The lowest BCUT2D eigenvalue weighted by atomic mass is 10.1. The van der Waals surface area contributed by atoms with Gasteiger partial charge in [0.15, 0.2) is 5.76 Å². The number of nitrogens with one attached hydrogen (secondary N) is 1. The van der Waals surface area contributed by atoms with Gasteiger partial charge < -0.3 is 14.6 Å². The van der Waals surface area contributed by atoms with E-state index in [1.165, 1.54) is 4.21 Å². The second-order valence-electron chi connectivity index (χ2n) is 6.38. The van der Waals surface area contributed by atoms with Crippen LogP contribution in [-0.2, 0) is 5.75 Å². The number of hydrogen-bond donors (Lipinski definition) is 1. The number of anilines is 2. The molecule has 4 rings (SSSR count). The lowest BCUT2D eigenvalue weighted by Gasteiger charge is -2.11. The molecule has 7 heteroatoms. The molecule has 1 aromatic carbocycles. The minimum Gasteiger partial charge on any atom is -0.451 e. The normalized spacial score (nSPS) is 10.9. The molecule has 1 amide bonds. The fourth-order valence-electron chi connectivity index (χ4n) is 2.83. The molecule has 0 aliphatic heterocycles. The molecule has 0 radical (unpaired) electrons. The Hall–Kier alpha value is -2.77. The number of furan rings is 1. The van der Waals surface area contributed by atoms with Gasteiger partial charge in [-0.1, -0.05) is 24.3 Å². The zero-order valence-electron chi connectivity index (χ0n) is 15.5. The molecule has 0 fully saturated rings. The smallest absolute Gasteiger partial charge is 0.291 e. The van der Waals surface area contributed by atoms with Crippen molar-refractivity contribution in [2.24, 2.45) is 0 Å². The number of amides is 1. The van der Waals surface area contributed by atoms with Crippen LogP contribution in [-0.4, -0.2) is 25.0 Å². The standard InChI is InChI=1S/C21H19N3O2S2/c1-24(2)18-10-9-14(12-22-18)23-21(25)20-16(13-28-19-8-5-11-27-19)15-6-3-4-7-17(15)26-20/h3-12H,13H2,1-2H3,(H,23,25). The van der Waals surface area contributed by atoms with Gasteiger partial charge in [-0.15, -0.1) is 23.1 Å². The number of benzene rings is 1. The van der Waals surface area contributed by atoms with Crippen LogP contribution in [0.15, 0.2) is 68.7 Å². The third-order valence-electron chi connectivity index (χ3n) is 4.22. The number of carbonyl (C=O) groups is 1. The molecular weight excluding hydrogens is 390 g/mol. The second-order valence-corrected chi connectivity index (χ2v) is 8.60. The van der Waals surface area contributed by atoms with E-state index >= 15 is 0 Å². The van der Waals surface area contributed by atoms with Gasteiger partial charge in [0.05, 0.1) is 16.1 Å². The fraction of sp³-hybridized carbons (Fsp3) is 0.143. The summed E-state index contributed by atoms with van der Waals surface area (Å²) in [6.07, 6.45) is 1.65. The van der Waals surface area contributed by atoms with Gasteiger partial charge in [0, 0.05) is 30.8 Å². The van der Waals surface area contributed by atoms with Gasteiger partial charge in [0.1, 0.15) is 11.4 Å². The highest BCUT2D eigenvalue weighted by molar-refractivity contribution is 8.00. The first-order valence-corrected chi connectivity index (χ1v) is 10.6. The largest absolute Gasteiger partial charge is 0.451 e. The molecule has 3 heterocycles. The molecule has 142 valence electrons. The van der Waals surface area contributed by atoms with Gasteiger partial charge in [-0.3, -0.25) is 4.79 Å². The Balaban J connectivity index is 1.61. The van der Waals surface area contributed by atoms with E-state index in [1.54, 1.807) is 29.3 Å². The van der Waals surface area contributed by atoms with E-state index in [1.807, 2.05) is 66.8 Å². The SMILES string of the molecule is CN(C)c1ccc(NC(=O)c2oc3ccccc3c2CSc2cccs2)cn1. The first kappa shape index (κ1) is 18.6. The highest BCUT2D eigenvalue weighted by Crippen LogP contribution is 2.34. The van der Waals surface area contributed by atoms with E-state index in [9.17, 15) is 4.79 Å². The van der Waals surface area contributed by atoms with E-state index in [-0.39, 0.29) is 5.91 Å². The first-order valence-electron chi connectivity index (χ1n) is 8.73. The number of nitrogens with zero attached hydrogens (tertiary/aromatic N) is 2. The topological polar surface area (TPSA) is 58.4 Å². The number of pyridine rings is 1. The highest BCUT2D eigenvalue weighted by atomic mass is 32.2. The molecule has 1 N–H and O–H groups in total. The molecule has 0 unspecified atom stereocenters. The molecule has 0 atom stereocenters. The van der Waals surface area contributed by atoms with Gasteiger partial charge in [-0.25, -0.2) is 4.98 Å². The van der Waals surface area contributed by atoms with E-state index < -0.39 is 0 Å². The van der Waals surface area contributed by atoms with Crippen molar-refractivity contribution >= 4 is 51.5 Å². The van der Waals surface area contributed by atoms with Gasteiger partial charge in [0.25, 0.3) is 5.91 Å². The number of thiophene rings is 1. The maximum atomic E-state index is 12.9. The summed E-state index contributed by atoms with van der Waals surface area (Å²) < 4.78 is 7.12. The Kier molecular flexibility index (Phi) is 5.36. The molecular formula is C21H19N3O2S2. The Bertz CT molecular complexity index is 1090. The van der Waals surface area contributed by atoms with Crippen LogP contribution in [0.5, 0.6) is 0 Å². The van der Waals surface area contributed by atoms with Gasteiger partial charge in [-0.2, -0.15) is 0 Å². The third-order valence-corrected chi connectivity index (χ3v) is 6.38.